The Balaban J connectivity index is 1.78. The maximum atomic E-state index is 10.8. The maximum Gasteiger partial charge on any atom is 0.145 e. The van der Waals surface area contributed by atoms with Crippen LogP contribution in [0.15, 0.2) is 36.4 Å². The minimum Gasteiger partial charge on any atom is -0.382 e. The third-order valence-electron chi connectivity index (χ3n) is 4.58. The highest BCUT2D eigenvalue weighted by atomic mass is 35.5. The van der Waals surface area contributed by atoms with Gasteiger partial charge in [0, 0.05) is 24.1 Å². The van der Waals surface area contributed by atoms with Gasteiger partial charge in [0.15, 0.2) is 0 Å². The lowest BCUT2D eigenvalue weighted by molar-refractivity contribution is 0.00394. The van der Waals surface area contributed by atoms with Gasteiger partial charge in [0.1, 0.15) is 23.9 Å². The summed E-state index contributed by atoms with van der Waals surface area (Å²) in [5.41, 5.74) is 2.93. The Bertz CT molecular complexity index is 1050. The molecule has 4 rings (SSSR count). The molecule has 0 aliphatic rings. The number of fused-ring (bicyclic) bond motifs is 2. The molecular weight excluding hydrogens is 375 g/mol. The highest BCUT2D eigenvalue weighted by molar-refractivity contribution is 6.31. The van der Waals surface area contributed by atoms with Crippen molar-refractivity contribution < 1.29 is 10.2 Å². The fourth-order valence-corrected chi connectivity index (χ4v) is 3.53. The Morgan fingerprint density at radius 2 is 1.15 bits per heavy atom. The van der Waals surface area contributed by atoms with Gasteiger partial charge in [-0.3, -0.25) is 0 Å². The average Bonchev–Trinajstić information content (AvgIpc) is 3.10. The molecule has 0 aliphatic heterocycles. The second-order valence-electron chi connectivity index (χ2n) is 6.21. The van der Waals surface area contributed by atoms with Gasteiger partial charge in [-0.15, -0.1) is 0 Å². The SMILES string of the molecule is Cn1c(C(O)C(O)c2nc3cc(Cl)ccc3n2C)nc2cc(Cl)ccc21. The van der Waals surface area contributed by atoms with Crippen LogP contribution < -0.4 is 0 Å². The van der Waals surface area contributed by atoms with Crippen LogP contribution in [0.5, 0.6) is 0 Å². The van der Waals surface area contributed by atoms with Crippen molar-refractivity contribution >= 4 is 45.3 Å². The number of aryl methyl sites for hydroxylation is 2. The summed E-state index contributed by atoms with van der Waals surface area (Å²) in [7, 11) is 3.56. The van der Waals surface area contributed by atoms with E-state index in [4.69, 9.17) is 23.2 Å². The van der Waals surface area contributed by atoms with Crippen LogP contribution in [0.4, 0.5) is 0 Å². The predicted octanol–water partition coefficient (Wildman–Crippen LogP) is 3.53. The Labute approximate surface area is 159 Å². The summed E-state index contributed by atoms with van der Waals surface area (Å²) in [5.74, 6) is 0.666. The van der Waals surface area contributed by atoms with Gasteiger partial charge < -0.3 is 19.3 Å². The van der Waals surface area contributed by atoms with Gasteiger partial charge in [0.05, 0.1) is 22.1 Å². The maximum absolute atomic E-state index is 10.8. The molecule has 0 bridgehead atoms. The number of nitrogens with zero attached hydrogens (tertiary/aromatic N) is 4. The Kier molecular flexibility index (Phi) is 4.16. The van der Waals surface area contributed by atoms with Crippen LogP contribution in [0.2, 0.25) is 10.0 Å². The molecule has 0 aliphatic carbocycles. The van der Waals surface area contributed by atoms with Gasteiger partial charge in [-0.05, 0) is 36.4 Å². The molecule has 0 saturated heterocycles. The lowest BCUT2D eigenvalue weighted by Crippen LogP contribution is -2.17. The molecule has 2 aromatic heterocycles. The molecule has 2 unspecified atom stereocenters. The number of halogens is 2. The monoisotopic (exact) mass is 390 g/mol. The Morgan fingerprint density at radius 3 is 1.54 bits per heavy atom. The summed E-state index contributed by atoms with van der Waals surface area (Å²) in [6.07, 6.45) is -2.51. The summed E-state index contributed by atoms with van der Waals surface area (Å²) < 4.78 is 3.47. The lowest BCUT2D eigenvalue weighted by atomic mass is 10.2. The highest BCUT2D eigenvalue weighted by Crippen LogP contribution is 2.32. The summed E-state index contributed by atoms with van der Waals surface area (Å²) >= 11 is 12.0. The molecule has 8 heteroatoms. The van der Waals surface area contributed by atoms with Crippen molar-refractivity contribution in [3.05, 3.63) is 58.1 Å². The average molecular weight is 391 g/mol. The molecule has 2 N–H and O–H groups in total. The fourth-order valence-electron chi connectivity index (χ4n) is 3.19. The van der Waals surface area contributed by atoms with Gasteiger partial charge in [-0.25, -0.2) is 9.97 Å². The molecule has 0 amide bonds. The van der Waals surface area contributed by atoms with Gasteiger partial charge in [-0.1, -0.05) is 23.2 Å². The van der Waals surface area contributed by atoms with Gasteiger partial charge >= 0.3 is 0 Å². The smallest absolute Gasteiger partial charge is 0.145 e. The number of aliphatic hydroxyl groups is 2. The zero-order valence-electron chi connectivity index (χ0n) is 14.1. The first-order chi connectivity index (χ1) is 12.4. The number of aromatic nitrogens is 4. The molecule has 134 valence electrons. The molecule has 0 saturated carbocycles. The quantitative estimate of drug-likeness (QED) is 0.560. The molecule has 2 aromatic carbocycles. The van der Waals surface area contributed by atoms with Crippen molar-refractivity contribution in [2.45, 2.75) is 12.2 Å². The van der Waals surface area contributed by atoms with E-state index in [1.165, 1.54) is 0 Å². The van der Waals surface area contributed by atoms with Gasteiger partial charge in [-0.2, -0.15) is 0 Å². The first-order valence-corrected chi connectivity index (χ1v) is 8.72. The number of hydrogen-bond donors (Lipinski definition) is 2. The van der Waals surface area contributed by atoms with E-state index >= 15 is 0 Å². The number of imidazole rings is 2. The third kappa shape index (κ3) is 2.66. The molecule has 6 nitrogen and oxygen atoms in total. The van der Waals surface area contributed by atoms with E-state index < -0.39 is 12.2 Å². The molecular formula is C18H16Cl2N4O2. The number of aliphatic hydroxyl groups excluding tert-OH is 2. The van der Waals surface area contributed by atoms with Crippen molar-refractivity contribution in [3.63, 3.8) is 0 Å². The molecule has 2 atom stereocenters. The normalized spacial score (nSPS) is 14.2. The Morgan fingerprint density at radius 1 is 0.769 bits per heavy atom. The van der Waals surface area contributed by atoms with Crippen LogP contribution >= 0.6 is 23.2 Å². The molecule has 2 heterocycles. The third-order valence-corrected chi connectivity index (χ3v) is 5.05. The van der Waals surface area contributed by atoms with Crippen molar-refractivity contribution in [1.29, 1.82) is 0 Å². The first-order valence-electron chi connectivity index (χ1n) is 7.96. The fraction of sp³-hybridized carbons (Fsp3) is 0.222. The van der Waals surface area contributed by atoms with E-state index in [2.05, 4.69) is 9.97 Å². The zero-order valence-corrected chi connectivity index (χ0v) is 15.6. The highest BCUT2D eigenvalue weighted by Gasteiger charge is 2.29. The van der Waals surface area contributed by atoms with E-state index in [0.29, 0.717) is 32.7 Å². The molecule has 0 radical (unpaired) electrons. The van der Waals surface area contributed by atoms with Gasteiger partial charge in [0.2, 0.25) is 0 Å². The summed E-state index contributed by atoms with van der Waals surface area (Å²) in [6, 6.07) is 10.6. The van der Waals surface area contributed by atoms with Crippen LogP contribution in [0.3, 0.4) is 0 Å². The van der Waals surface area contributed by atoms with E-state index in [1.807, 2.05) is 12.1 Å². The summed E-state index contributed by atoms with van der Waals surface area (Å²) in [6.45, 7) is 0. The largest absolute Gasteiger partial charge is 0.382 e. The number of rotatable bonds is 3. The first kappa shape index (κ1) is 17.3. The number of benzene rings is 2. The summed E-state index contributed by atoms with van der Waals surface area (Å²) in [4.78, 5) is 8.86. The van der Waals surface area contributed by atoms with E-state index in [0.717, 1.165) is 11.0 Å². The second-order valence-corrected chi connectivity index (χ2v) is 7.09. The van der Waals surface area contributed by atoms with Crippen LogP contribution in [0.1, 0.15) is 23.9 Å². The van der Waals surface area contributed by atoms with Crippen LogP contribution in [0.25, 0.3) is 22.1 Å². The zero-order chi connectivity index (χ0) is 18.6. The van der Waals surface area contributed by atoms with E-state index in [-0.39, 0.29) is 0 Å². The topological polar surface area (TPSA) is 76.1 Å². The van der Waals surface area contributed by atoms with Crippen molar-refractivity contribution in [1.82, 2.24) is 19.1 Å². The lowest BCUT2D eigenvalue weighted by Gasteiger charge is -2.17. The van der Waals surface area contributed by atoms with Crippen LogP contribution in [-0.2, 0) is 14.1 Å². The molecule has 26 heavy (non-hydrogen) atoms. The number of hydrogen-bond acceptors (Lipinski definition) is 4. The second kappa shape index (κ2) is 6.25. The molecule has 0 spiro atoms. The van der Waals surface area contributed by atoms with E-state index in [1.54, 1.807) is 47.5 Å². The molecule has 4 aromatic rings. The van der Waals surface area contributed by atoms with Gasteiger partial charge in [0.25, 0.3) is 0 Å². The van der Waals surface area contributed by atoms with Crippen molar-refractivity contribution in [2.75, 3.05) is 0 Å². The van der Waals surface area contributed by atoms with Crippen LogP contribution in [0, 0.1) is 0 Å². The minimum absolute atomic E-state index is 0.333. The van der Waals surface area contributed by atoms with E-state index in [9.17, 15) is 10.2 Å². The molecule has 0 fully saturated rings. The van der Waals surface area contributed by atoms with Crippen molar-refractivity contribution in [3.8, 4) is 0 Å². The van der Waals surface area contributed by atoms with Crippen LogP contribution in [-0.4, -0.2) is 29.3 Å². The van der Waals surface area contributed by atoms with Crippen molar-refractivity contribution in [2.24, 2.45) is 14.1 Å². The Hall–Kier alpha value is -2.12. The standard InChI is InChI=1S/C18H16Cl2N4O2/c1-23-13-5-3-9(19)7-11(13)21-17(23)15(25)16(26)18-22-12-8-10(20)4-6-14(12)24(18)2/h3-8,15-16,25-26H,1-2H3. The minimum atomic E-state index is -1.25. The predicted molar refractivity (Wildman–Crippen MR) is 101 cm³/mol. The summed E-state index contributed by atoms with van der Waals surface area (Å²) in [5, 5.41) is 22.6.